The molecule has 1 aliphatic rings. The predicted molar refractivity (Wildman–Crippen MR) is 101 cm³/mol. The summed E-state index contributed by atoms with van der Waals surface area (Å²) >= 11 is 0. The smallest absolute Gasteiger partial charge is 0.257 e. The van der Waals surface area contributed by atoms with Crippen molar-refractivity contribution in [3.8, 4) is 0 Å². The second-order valence-corrected chi connectivity index (χ2v) is 7.69. The van der Waals surface area contributed by atoms with Crippen LogP contribution >= 0.6 is 0 Å². The van der Waals surface area contributed by atoms with Crippen molar-refractivity contribution >= 4 is 5.91 Å². The quantitative estimate of drug-likeness (QED) is 0.694. The van der Waals surface area contributed by atoms with Gasteiger partial charge < -0.3 is 9.32 Å². The molecule has 7 heteroatoms. The van der Waals surface area contributed by atoms with Crippen LogP contribution in [0.1, 0.15) is 47.3 Å². The van der Waals surface area contributed by atoms with E-state index in [0.29, 0.717) is 42.3 Å². The molecule has 4 rings (SSSR count). The third-order valence-corrected chi connectivity index (χ3v) is 5.33. The van der Waals surface area contributed by atoms with Gasteiger partial charge in [-0.05, 0) is 31.4 Å². The molecule has 28 heavy (non-hydrogen) atoms. The molecular weight excluding hydrogens is 359 g/mol. The van der Waals surface area contributed by atoms with Crippen LogP contribution in [0.15, 0.2) is 47.3 Å². The molecule has 0 saturated carbocycles. The van der Waals surface area contributed by atoms with E-state index in [2.05, 4.69) is 17.0 Å². The molecule has 0 aliphatic carbocycles. The largest absolute Gasteiger partial charge is 0.445 e. The molecule has 1 unspecified atom stereocenters. The van der Waals surface area contributed by atoms with Crippen LogP contribution in [0.25, 0.3) is 0 Å². The second-order valence-electron chi connectivity index (χ2n) is 7.69. The number of rotatable bonds is 4. The van der Waals surface area contributed by atoms with Gasteiger partial charge in [-0.25, -0.2) is 9.37 Å². The summed E-state index contributed by atoms with van der Waals surface area (Å²) in [5.74, 6) is 0.939. The number of piperidine rings is 1. The van der Waals surface area contributed by atoms with E-state index in [9.17, 15) is 9.18 Å². The Morgan fingerprint density at radius 2 is 2.14 bits per heavy atom. The van der Waals surface area contributed by atoms with E-state index in [-0.39, 0.29) is 17.1 Å². The number of nitrogens with zero attached hydrogens (tertiary/aromatic N) is 4. The van der Waals surface area contributed by atoms with Crippen LogP contribution in [0.4, 0.5) is 4.39 Å². The third-order valence-electron chi connectivity index (χ3n) is 5.33. The number of likely N-dealkylation sites (tertiary alicyclic amines) is 1. The summed E-state index contributed by atoms with van der Waals surface area (Å²) in [6.45, 7) is 3.29. The lowest BCUT2D eigenvalue weighted by molar-refractivity contribution is 0.0626. The Balaban J connectivity index is 1.51. The molecule has 0 N–H and O–H groups in total. The summed E-state index contributed by atoms with van der Waals surface area (Å²) in [4.78, 5) is 19.1. The first-order valence-electron chi connectivity index (χ1n) is 9.41. The van der Waals surface area contributed by atoms with Crippen molar-refractivity contribution in [1.82, 2.24) is 19.7 Å². The minimum absolute atomic E-state index is 0.0304. The highest BCUT2D eigenvalue weighted by atomic mass is 19.1. The summed E-state index contributed by atoms with van der Waals surface area (Å²) in [7, 11) is 1.79. The van der Waals surface area contributed by atoms with Gasteiger partial charge in [-0.3, -0.25) is 9.48 Å². The summed E-state index contributed by atoms with van der Waals surface area (Å²) in [5.41, 5.74) is 0.788. The third kappa shape index (κ3) is 3.56. The van der Waals surface area contributed by atoms with Gasteiger partial charge in [-0.2, -0.15) is 5.10 Å². The first-order chi connectivity index (χ1) is 13.4. The van der Waals surface area contributed by atoms with Crippen LogP contribution in [0.5, 0.6) is 0 Å². The van der Waals surface area contributed by atoms with Crippen LogP contribution in [0.3, 0.4) is 0 Å². The molecule has 0 spiro atoms. The van der Waals surface area contributed by atoms with Gasteiger partial charge in [0.05, 0.1) is 23.4 Å². The van der Waals surface area contributed by atoms with Gasteiger partial charge in [0.1, 0.15) is 11.6 Å². The highest BCUT2D eigenvalue weighted by molar-refractivity contribution is 5.93. The number of aromatic nitrogens is 3. The molecule has 0 radical (unpaired) electrons. The lowest BCUT2D eigenvalue weighted by Crippen LogP contribution is -2.47. The van der Waals surface area contributed by atoms with E-state index in [1.807, 2.05) is 4.90 Å². The molecule has 3 aromatic rings. The minimum atomic E-state index is -0.371. The number of hydrogen-bond donors (Lipinski definition) is 0. The number of benzene rings is 1. The van der Waals surface area contributed by atoms with Crippen molar-refractivity contribution in [1.29, 1.82) is 0 Å². The zero-order chi connectivity index (χ0) is 19.7. The number of carbonyl (C=O) groups excluding carboxylic acids is 1. The maximum atomic E-state index is 13.9. The molecule has 1 aromatic carbocycles. The van der Waals surface area contributed by atoms with Gasteiger partial charge in [0.2, 0.25) is 5.89 Å². The zero-order valence-corrected chi connectivity index (χ0v) is 16.1. The van der Waals surface area contributed by atoms with Crippen molar-refractivity contribution in [2.75, 3.05) is 13.1 Å². The van der Waals surface area contributed by atoms with E-state index in [0.717, 1.165) is 12.8 Å². The lowest BCUT2D eigenvalue weighted by atomic mass is 9.81. The van der Waals surface area contributed by atoms with Gasteiger partial charge in [0, 0.05) is 32.8 Å². The van der Waals surface area contributed by atoms with Crippen LogP contribution in [-0.2, 0) is 18.9 Å². The van der Waals surface area contributed by atoms with Crippen LogP contribution < -0.4 is 0 Å². The Labute approximate surface area is 163 Å². The number of oxazole rings is 1. The SMILES string of the molecule is Cn1cc(C(=O)N2CCCC(C)(c3ncc(Cc4ccccc4F)o3)C2)cn1. The number of aryl methyl sites for hydroxylation is 1. The minimum Gasteiger partial charge on any atom is -0.445 e. The van der Waals surface area contributed by atoms with E-state index in [1.165, 1.54) is 6.07 Å². The molecule has 1 fully saturated rings. The van der Waals surface area contributed by atoms with E-state index in [1.54, 1.807) is 48.5 Å². The standard InChI is InChI=1S/C21H23FN4O2/c1-21(8-5-9-26(14-21)19(27)16-11-24-25(2)13-16)20-23-12-17(28-20)10-15-6-3-4-7-18(15)22/h3-4,6-7,11-13H,5,8-10,14H2,1-2H3. The Kier molecular flexibility index (Phi) is 4.75. The lowest BCUT2D eigenvalue weighted by Gasteiger charge is -2.38. The molecule has 0 bridgehead atoms. The van der Waals surface area contributed by atoms with Gasteiger partial charge >= 0.3 is 0 Å². The first-order valence-corrected chi connectivity index (χ1v) is 9.41. The fraction of sp³-hybridized carbons (Fsp3) is 0.381. The Bertz CT molecular complexity index is 996. The predicted octanol–water partition coefficient (Wildman–Crippen LogP) is 3.33. The summed E-state index contributed by atoms with van der Waals surface area (Å²) in [6.07, 6.45) is 7.08. The van der Waals surface area contributed by atoms with Gasteiger partial charge in [0.25, 0.3) is 5.91 Å². The molecule has 1 saturated heterocycles. The van der Waals surface area contributed by atoms with E-state index >= 15 is 0 Å². The number of carbonyl (C=O) groups is 1. The van der Waals surface area contributed by atoms with Crippen molar-refractivity contribution in [2.45, 2.75) is 31.6 Å². The maximum Gasteiger partial charge on any atom is 0.257 e. The summed E-state index contributed by atoms with van der Waals surface area (Å²) in [5, 5.41) is 4.09. The normalized spacial score (nSPS) is 19.8. The Morgan fingerprint density at radius 3 is 2.89 bits per heavy atom. The van der Waals surface area contributed by atoms with Crippen molar-refractivity contribution in [3.63, 3.8) is 0 Å². The summed E-state index contributed by atoms with van der Waals surface area (Å²) < 4.78 is 21.5. The van der Waals surface area contributed by atoms with E-state index in [4.69, 9.17) is 4.42 Å². The van der Waals surface area contributed by atoms with Crippen LogP contribution in [0, 0.1) is 5.82 Å². The molecule has 6 nitrogen and oxygen atoms in total. The molecule has 146 valence electrons. The zero-order valence-electron chi connectivity index (χ0n) is 16.1. The van der Waals surface area contributed by atoms with Crippen LogP contribution in [0.2, 0.25) is 0 Å². The topological polar surface area (TPSA) is 64.2 Å². The van der Waals surface area contributed by atoms with E-state index < -0.39 is 0 Å². The highest BCUT2D eigenvalue weighted by Gasteiger charge is 2.38. The average Bonchev–Trinajstić information content (AvgIpc) is 3.33. The number of hydrogen-bond acceptors (Lipinski definition) is 4. The monoisotopic (exact) mass is 382 g/mol. The Hall–Kier alpha value is -2.96. The van der Waals surface area contributed by atoms with Gasteiger partial charge in [0.15, 0.2) is 0 Å². The molecule has 3 heterocycles. The molecule has 1 amide bonds. The fourth-order valence-corrected chi connectivity index (χ4v) is 3.80. The molecule has 1 aliphatic heterocycles. The number of halogens is 1. The first kappa shape index (κ1) is 18.4. The van der Waals surface area contributed by atoms with Gasteiger partial charge in [-0.15, -0.1) is 0 Å². The second kappa shape index (κ2) is 7.22. The summed E-state index contributed by atoms with van der Waals surface area (Å²) in [6, 6.07) is 6.66. The van der Waals surface area contributed by atoms with Gasteiger partial charge in [-0.1, -0.05) is 18.2 Å². The number of amides is 1. The molecule has 1 atom stereocenters. The van der Waals surface area contributed by atoms with Crippen molar-refractivity contribution in [3.05, 3.63) is 71.5 Å². The maximum absolute atomic E-state index is 13.9. The molecular formula is C21H23FN4O2. The van der Waals surface area contributed by atoms with Crippen molar-refractivity contribution in [2.24, 2.45) is 7.05 Å². The Morgan fingerprint density at radius 1 is 1.32 bits per heavy atom. The highest BCUT2D eigenvalue weighted by Crippen LogP contribution is 2.34. The van der Waals surface area contributed by atoms with Crippen molar-refractivity contribution < 1.29 is 13.6 Å². The fourth-order valence-electron chi connectivity index (χ4n) is 3.80. The van der Waals surface area contributed by atoms with Crippen LogP contribution in [-0.4, -0.2) is 38.7 Å². The molecule has 2 aromatic heterocycles. The average molecular weight is 382 g/mol.